The fourth-order valence-corrected chi connectivity index (χ4v) is 5.42. The number of hydrogen-bond acceptors (Lipinski definition) is 3. The minimum atomic E-state index is -0.861. The maximum atomic E-state index is 6.70. The number of pyridine rings is 1. The van der Waals surface area contributed by atoms with E-state index in [2.05, 4.69) is 116 Å². The molecule has 0 atom stereocenters. The standard InChI is InChI=1S/C36H32ClN3.2C4H11Si.Fe/c1-23-19-25(3)33(26(4)20-23)39-35(28-13-8-6-9-14-28)31-17-12-18-32(38-31)36(29-15-10-7-11-16-29)40-34-27(5)21-24(2)22-30(34)37;2*1-5(2,3)4;/h6-22H,1-5H3;2*1H2,2-4H3;/q;2*-1;+2. The van der Waals surface area contributed by atoms with Crippen molar-refractivity contribution < 1.29 is 17.1 Å². The predicted molar refractivity (Wildman–Crippen MR) is 227 cm³/mol. The van der Waals surface area contributed by atoms with E-state index in [4.69, 9.17) is 26.6 Å². The molecule has 5 aromatic rings. The number of benzene rings is 4. The van der Waals surface area contributed by atoms with Gasteiger partial charge in [0, 0.05) is 11.1 Å². The Balaban J connectivity index is 0.000000723. The normalized spacial score (nSPS) is 11.8. The quantitative estimate of drug-likeness (QED) is 0.0962. The van der Waals surface area contributed by atoms with Crippen molar-refractivity contribution in [2.24, 2.45) is 9.98 Å². The summed E-state index contributed by atoms with van der Waals surface area (Å²) in [5.41, 5.74) is 12.4. The van der Waals surface area contributed by atoms with Crippen molar-refractivity contribution in [1.82, 2.24) is 4.98 Å². The first kappa shape index (κ1) is 43.8. The molecule has 0 spiro atoms. The Hall–Kier alpha value is -3.39. The molecule has 0 amide bonds. The van der Waals surface area contributed by atoms with Crippen LogP contribution in [0.2, 0.25) is 44.3 Å². The molecule has 7 heteroatoms. The monoisotopic (exact) mass is 771 g/mol. The molecule has 5 rings (SSSR count). The van der Waals surface area contributed by atoms with Gasteiger partial charge >= 0.3 is 17.1 Å². The largest absolute Gasteiger partial charge is 2.00 e. The van der Waals surface area contributed by atoms with E-state index in [1.54, 1.807) is 0 Å². The van der Waals surface area contributed by atoms with E-state index >= 15 is 0 Å². The summed E-state index contributed by atoms with van der Waals surface area (Å²) in [4.78, 5) is 15.5. The van der Waals surface area contributed by atoms with Gasteiger partial charge in [-0.3, -0.25) is 0 Å². The Labute approximate surface area is 326 Å². The maximum Gasteiger partial charge on any atom is 2.00 e. The van der Waals surface area contributed by atoms with E-state index in [1.165, 1.54) is 5.56 Å². The Kier molecular flexibility index (Phi) is 16.7. The van der Waals surface area contributed by atoms with Gasteiger partial charge in [-0.25, -0.2) is 15.0 Å². The first-order valence-corrected chi connectivity index (χ1v) is 24.9. The first-order chi connectivity index (χ1) is 23.3. The van der Waals surface area contributed by atoms with Crippen LogP contribution < -0.4 is 0 Å². The number of halogens is 1. The van der Waals surface area contributed by atoms with E-state index < -0.39 is 16.1 Å². The van der Waals surface area contributed by atoms with Crippen LogP contribution >= 0.6 is 11.6 Å². The van der Waals surface area contributed by atoms with Crippen LogP contribution in [0.15, 0.2) is 113 Å². The van der Waals surface area contributed by atoms with Crippen molar-refractivity contribution in [3.8, 4) is 0 Å². The van der Waals surface area contributed by atoms with Crippen LogP contribution in [-0.4, -0.2) is 32.6 Å². The summed E-state index contributed by atoms with van der Waals surface area (Å²) in [6.07, 6.45) is 0. The summed E-state index contributed by atoms with van der Waals surface area (Å²) in [5.74, 6) is 0. The molecule has 0 N–H and O–H groups in total. The second-order valence-electron chi connectivity index (χ2n) is 15.3. The van der Waals surface area contributed by atoms with Gasteiger partial charge in [0.2, 0.25) is 0 Å². The first-order valence-electron chi connectivity index (χ1n) is 17.1. The van der Waals surface area contributed by atoms with E-state index in [1.807, 2.05) is 74.5 Å². The van der Waals surface area contributed by atoms with Crippen molar-refractivity contribution in [3.63, 3.8) is 0 Å². The van der Waals surface area contributed by atoms with Gasteiger partial charge in [-0.05, 0) is 75.1 Å². The van der Waals surface area contributed by atoms with Gasteiger partial charge in [0.05, 0.1) is 39.2 Å². The molecule has 1 aromatic heterocycles. The van der Waals surface area contributed by atoms with Gasteiger partial charge in [-0.2, -0.15) is 0 Å². The molecule has 0 saturated heterocycles. The predicted octanol–water partition coefficient (Wildman–Crippen LogP) is 13.0. The van der Waals surface area contributed by atoms with Crippen LogP contribution in [0, 0.1) is 47.7 Å². The van der Waals surface area contributed by atoms with Crippen LogP contribution in [0.3, 0.4) is 0 Å². The van der Waals surface area contributed by atoms with E-state index in [9.17, 15) is 0 Å². The molecule has 0 bridgehead atoms. The summed E-state index contributed by atoms with van der Waals surface area (Å²) < 4.78 is 0. The van der Waals surface area contributed by atoms with Gasteiger partial charge in [0.15, 0.2) is 0 Å². The molecule has 4 aromatic carbocycles. The van der Waals surface area contributed by atoms with Crippen molar-refractivity contribution in [1.29, 1.82) is 0 Å². The van der Waals surface area contributed by atoms with Crippen molar-refractivity contribution >= 4 is 50.5 Å². The minimum absolute atomic E-state index is 0. The second kappa shape index (κ2) is 19.4. The molecule has 51 heavy (non-hydrogen) atoms. The smallest absolute Gasteiger partial charge is 0.342 e. The summed E-state index contributed by atoms with van der Waals surface area (Å²) in [6.45, 7) is 31.5. The summed E-state index contributed by atoms with van der Waals surface area (Å²) >= 11 is 6.70. The van der Waals surface area contributed by atoms with Crippen LogP contribution in [-0.2, 0) is 17.1 Å². The zero-order chi connectivity index (χ0) is 37.2. The molecule has 1 heterocycles. The molecule has 0 saturated carbocycles. The van der Waals surface area contributed by atoms with Gasteiger partial charge in [-0.1, -0.05) is 141 Å². The van der Waals surface area contributed by atoms with Crippen molar-refractivity contribution in [3.05, 3.63) is 172 Å². The maximum absolute atomic E-state index is 6.70. The van der Waals surface area contributed by atoms with Gasteiger partial charge < -0.3 is 13.1 Å². The van der Waals surface area contributed by atoms with Crippen LogP contribution in [0.5, 0.6) is 0 Å². The fraction of sp³-hybridized carbons (Fsp3) is 0.250. The molecule has 0 unspecified atom stereocenters. The van der Waals surface area contributed by atoms with Crippen LogP contribution in [0.1, 0.15) is 50.3 Å². The third-order valence-electron chi connectivity index (χ3n) is 6.81. The number of aryl methyl sites for hydroxylation is 5. The number of aliphatic imine (C=N–C) groups is 2. The number of aromatic nitrogens is 1. The Bertz CT molecular complexity index is 1750. The summed E-state index contributed by atoms with van der Waals surface area (Å²) in [6, 6.07) is 34.8. The molecule has 3 nitrogen and oxygen atoms in total. The van der Waals surface area contributed by atoms with Crippen LogP contribution in [0.25, 0.3) is 0 Å². The Morgan fingerprint density at radius 3 is 1.24 bits per heavy atom. The fourth-order valence-electron chi connectivity index (χ4n) is 5.05. The minimum Gasteiger partial charge on any atom is -0.342 e. The molecular weight excluding hydrogens is 718 g/mol. The molecule has 0 aliphatic carbocycles. The molecule has 0 aliphatic heterocycles. The number of nitrogens with zero attached hydrogens (tertiary/aromatic N) is 3. The summed E-state index contributed by atoms with van der Waals surface area (Å²) in [7, 11) is -1.72. The third kappa shape index (κ3) is 15.0. The van der Waals surface area contributed by atoms with Crippen molar-refractivity contribution in [2.45, 2.75) is 73.9 Å². The molecule has 268 valence electrons. The van der Waals surface area contributed by atoms with Gasteiger partial charge in [0.1, 0.15) is 0 Å². The molecule has 0 fully saturated rings. The molecule has 0 aliphatic rings. The van der Waals surface area contributed by atoms with Crippen LogP contribution in [0.4, 0.5) is 11.4 Å². The Morgan fingerprint density at radius 1 is 0.529 bits per heavy atom. The summed E-state index contributed by atoms with van der Waals surface area (Å²) in [5, 5.41) is 0.624. The Morgan fingerprint density at radius 2 is 0.863 bits per heavy atom. The second-order valence-corrected chi connectivity index (χ2v) is 26.0. The molecular formula is C44H54ClFeN3Si2. The van der Waals surface area contributed by atoms with Gasteiger partial charge in [0.25, 0.3) is 0 Å². The van der Waals surface area contributed by atoms with E-state index in [0.29, 0.717) is 5.02 Å². The van der Waals surface area contributed by atoms with Gasteiger partial charge in [-0.15, -0.1) is 16.1 Å². The SMILES string of the molecule is Cc1cc(C)c(N=C(c2ccccc2)c2cccc(C(=Nc3c(C)cc(C)cc3Cl)c3ccccc3)n2)c(C)c1.[CH2-][Si](C)(C)C.[CH2-][Si](C)(C)C.[Fe+2]. The van der Waals surface area contributed by atoms with Crippen molar-refractivity contribution in [2.75, 3.05) is 0 Å². The van der Waals surface area contributed by atoms with E-state index in [-0.39, 0.29) is 17.1 Å². The zero-order valence-corrected chi connectivity index (χ0v) is 36.2. The number of rotatable bonds is 6. The third-order valence-corrected chi connectivity index (χ3v) is 7.10. The topological polar surface area (TPSA) is 37.6 Å². The zero-order valence-electron chi connectivity index (χ0n) is 32.3. The average Bonchev–Trinajstić information content (AvgIpc) is 3.00. The number of hydrogen-bond donors (Lipinski definition) is 0. The van der Waals surface area contributed by atoms with E-state index in [0.717, 1.165) is 67.6 Å². The average molecular weight is 772 g/mol. The molecule has 0 radical (unpaired) electrons.